The fraction of sp³-hybridized carbons (Fsp3) is 0.250. The maximum atomic E-state index is 11.2. The van der Waals surface area contributed by atoms with E-state index >= 15 is 0 Å². The van der Waals surface area contributed by atoms with E-state index in [1.54, 1.807) is 19.3 Å². The third kappa shape index (κ3) is 2.84. The van der Waals surface area contributed by atoms with Crippen LogP contribution in [0.25, 0.3) is 10.4 Å². The molecule has 0 aliphatic heterocycles. The molecule has 0 bridgehead atoms. The van der Waals surface area contributed by atoms with Crippen molar-refractivity contribution in [3.05, 3.63) is 30.2 Å². The maximum Gasteiger partial charge on any atom is 0.515 e. The fourth-order valence-electron chi connectivity index (χ4n) is 1.40. The SMILES string of the molecule is CCOC(=O)Oc1nc(C)c(-c2cccnc2)s1. The van der Waals surface area contributed by atoms with Gasteiger partial charge in [0.25, 0.3) is 5.19 Å². The van der Waals surface area contributed by atoms with Gasteiger partial charge in [0.2, 0.25) is 0 Å². The lowest BCUT2D eigenvalue weighted by molar-refractivity contribution is 0.104. The molecule has 0 aliphatic rings. The Kier molecular flexibility index (Phi) is 3.88. The van der Waals surface area contributed by atoms with Crippen LogP contribution in [0.4, 0.5) is 4.79 Å². The molecule has 0 aliphatic carbocycles. The number of ether oxygens (including phenoxy) is 2. The van der Waals surface area contributed by atoms with Crippen molar-refractivity contribution in [1.82, 2.24) is 9.97 Å². The summed E-state index contributed by atoms with van der Waals surface area (Å²) >= 11 is 1.29. The summed E-state index contributed by atoms with van der Waals surface area (Å²) in [5, 5.41) is 0.282. The summed E-state index contributed by atoms with van der Waals surface area (Å²) < 4.78 is 9.66. The van der Waals surface area contributed by atoms with E-state index in [-0.39, 0.29) is 11.8 Å². The molecule has 0 fully saturated rings. The van der Waals surface area contributed by atoms with E-state index in [1.807, 2.05) is 19.1 Å². The summed E-state index contributed by atoms with van der Waals surface area (Å²) in [6.45, 7) is 3.85. The molecule has 2 aromatic rings. The van der Waals surface area contributed by atoms with Crippen molar-refractivity contribution in [2.24, 2.45) is 0 Å². The summed E-state index contributed by atoms with van der Waals surface area (Å²) in [5.41, 5.74) is 1.75. The first-order valence-corrected chi connectivity index (χ1v) is 6.24. The number of aryl methyl sites for hydroxylation is 1. The summed E-state index contributed by atoms with van der Waals surface area (Å²) in [7, 11) is 0. The normalized spacial score (nSPS) is 10.1. The average Bonchev–Trinajstić information content (AvgIpc) is 2.71. The van der Waals surface area contributed by atoms with E-state index < -0.39 is 6.16 Å². The van der Waals surface area contributed by atoms with Crippen molar-refractivity contribution in [2.75, 3.05) is 6.61 Å². The van der Waals surface area contributed by atoms with Crippen LogP contribution >= 0.6 is 11.3 Å². The highest BCUT2D eigenvalue weighted by atomic mass is 32.1. The second-order valence-electron chi connectivity index (χ2n) is 3.42. The number of aromatic nitrogens is 2. The van der Waals surface area contributed by atoms with Gasteiger partial charge in [-0.25, -0.2) is 9.78 Å². The predicted octanol–water partition coefficient (Wildman–Crippen LogP) is 3.05. The summed E-state index contributed by atoms with van der Waals surface area (Å²) in [6, 6.07) is 3.78. The largest absolute Gasteiger partial charge is 0.515 e. The molecule has 0 amide bonds. The molecular weight excluding hydrogens is 252 g/mol. The van der Waals surface area contributed by atoms with Gasteiger partial charge in [-0.15, -0.1) is 0 Å². The minimum Gasteiger partial charge on any atom is -0.434 e. The highest BCUT2D eigenvalue weighted by Crippen LogP contribution is 2.33. The van der Waals surface area contributed by atoms with Gasteiger partial charge in [-0.05, 0) is 19.9 Å². The first kappa shape index (κ1) is 12.5. The van der Waals surface area contributed by atoms with Crippen LogP contribution in [0.3, 0.4) is 0 Å². The van der Waals surface area contributed by atoms with Crippen LogP contribution in [0.2, 0.25) is 0 Å². The Balaban J connectivity index is 2.20. The maximum absolute atomic E-state index is 11.2. The molecule has 0 aromatic carbocycles. The Hall–Kier alpha value is -1.95. The first-order valence-electron chi connectivity index (χ1n) is 5.43. The molecule has 18 heavy (non-hydrogen) atoms. The van der Waals surface area contributed by atoms with Gasteiger partial charge in [-0.1, -0.05) is 17.4 Å². The summed E-state index contributed by atoms with van der Waals surface area (Å²) in [5.74, 6) is 0. The standard InChI is InChI=1S/C12H12N2O3S/c1-3-16-12(15)17-11-14-8(2)10(18-11)9-5-4-6-13-7-9/h4-7H,3H2,1-2H3. The summed E-state index contributed by atoms with van der Waals surface area (Å²) in [6.07, 6.45) is 2.72. The quantitative estimate of drug-likeness (QED) is 0.797. The summed E-state index contributed by atoms with van der Waals surface area (Å²) in [4.78, 5) is 20.3. The van der Waals surface area contributed by atoms with Crippen LogP contribution < -0.4 is 4.74 Å². The van der Waals surface area contributed by atoms with Gasteiger partial charge in [0.1, 0.15) is 0 Å². The molecule has 2 aromatic heterocycles. The highest BCUT2D eigenvalue weighted by Gasteiger charge is 2.14. The number of nitrogens with zero attached hydrogens (tertiary/aromatic N) is 2. The van der Waals surface area contributed by atoms with E-state index in [4.69, 9.17) is 9.47 Å². The van der Waals surface area contributed by atoms with Gasteiger partial charge >= 0.3 is 6.16 Å². The molecule has 94 valence electrons. The highest BCUT2D eigenvalue weighted by molar-refractivity contribution is 7.17. The number of carbonyl (C=O) groups is 1. The zero-order chi connectivity index (χ0) is 13.0. The third-order valence-electron chi connectivity index (χ3n) is 2.13. The van der Waals surface area contributed by atoms with Crippen LogP contribution in [0.15, 0.2) is 24.5 Å². The molecule has 5 nitrogen and oxygen atoms in total. The monoisotopic (exact) mass is 264 g/mol. The molecule has 0 radical (unpaired) electrons. The second kappa shape index (κ2) is 5.59. The first-order chi connectivity index (χ1) is 8.70. The predicted molar refractivity (Wildman–Crippen MR) is 67.7 cm³/mol. The topological polar surface area (TPSA) is 61.3 Å². The Morgan fingerprint density at radius 3 is 3.00 bits per heavy atom. The van der Waals surface area contributed by atoms with Crippen molar-refractivity contribution in [1.29, 1.82) is 0 Å². The lowest BCUT2D eigenvalue weighted by Crippen LogP contribution is -2.09. The Bertz CT molecular complexity index is 540. The van der Waals surface area contributed by atoms with Crippen molar-refractivity contribution in [3.8, 4) is 15.6 Å². The van der Waals surface area contributed by atoms with Crippen LogP contribution in [0.5, 0.6) is 5.19 Å². The lowest BCUT2D eigenvalue weighted by atomic mass is 10.2. The van der Waals surface area contributed by atoms with Crippen LogP contribution in [-0.4, -0.2) is 22.7 Å². The van der Waals surface area contributed by atoms with Crippen LogP contribution in [-0.2, 0) is 4.74 Å². The van der Waals surface area contributed by atoms with E-state index in [1.165, 1.54) is 11.3 Å². The Labute approximate surface area is 108 Å². The van der Waals surface area contributed by atoms with Crippen molar-refractivity contribution < 1.29 is 14.3 Å². The van der Waals surface area contributed by atoms with Crippen molar-refractivity contribution in [2.45, 2.75) is 13.8 Å². The lowest BCUT2D eigenvalue weighted by Gasteiger charge is -1.98. The number of thiazole rings is 1. The molecule has 6 heteroatoms. The Morgan fingerprint density at radius 2 is 2.33 bits per heavy atom. The molecular formula is C12H12N2O3S. The number of carbonyl (C=O) groups excluding carboxylic acids is 1. The zero-order valence-electron chi connectivity index (χ0n) is 10.0. The van der Waals surface area contributed by atoms with E-state index in [9.17, 15) is 4.79 Å². The molecule has 2 rings (SSSR count). The second-order valence-corrected chi connectivity index (χ2v) is 4.38. The number of pyridine rings is 1. The van der Waals surface area contributed by atoms with E-state index in [0.29, 0.717) is 0 Å². The van der Waals surface area contributed by atoms with Crippen molar-refractivity contribution in [3.63, 3.8) is 0 Å². The minimum atomic E-state index is -0.732. The van der Waals surface area contributed by atoms with E-state index in [0.717, 1.165) is 16.1 Å². The number of hydrogen-bond donors (Lipinski definition) is 0. The third-order valence-corrected chi connectivity index (χ3v) is 3.22. The van der Waals surface area contributed by atoms with E-state index in [2.05, 4.69) is 9.97 Å². The molecule has 0 atom stereocenters. The molecule has 0 N–H and O–H groups in total. The number of hydrogen-bond acceptors (Lipinski definition) is 6. The molecule has 0 saturated carbocycles. The number of rotatable bonds is 3. The van der Waals surface area contributed by atoms with Crippen LogP contribution in [0.1, 0.15) is 12.6 Å². The van der Waals surface area contributed by atoms with Gasteiger partial charge < -0.3 is 9.47 Å². The fourth-order valence-corrected chi connectivity index (χ4v) is 2.30. The minimum absolute atomic E-state index is 0.276. The molecule has 0 unspecified atom stereocenters. The molecule has 0 saturated heterocycles. The van der Waals surface area contributed by atoms with Crippen LogP contribution in [0, 0.1) is 6.92 Å². The van der Waals surface area contributed by atoms with Gasteiger partial charge in [0.15, 0.2) is 0 Å². The average molecular weight is 264 g/mol. The van der Waals surface area contributed by atoms with Crippen molar-refractivity contribution >= 4 is 17.5 Å². The van der Waals surface area contributed by atoms with Gasteiger partial charge in [0.05, 0.1) is 17.2 Å². The smallest absolute Gasteiger partial charge is 0.434 e. The molecule has 0 spiro atoms. The van der Waals surface area contributed by atoms with Gasteiger partial charge in [-0.2, -0.15) is 0 Å². The van der Waals surface area contributed by atoms with Gasteiger partial charge in [0, 0.05) is 18.0 Å². The zero-order valence-corrected chi connectivity index (χ0v) is 10.9. The van der Waals surface area contributed by atoms with Gasteiger partial charge in [-0.3, -0.25) is 4.98 Å². The Morgan fingerprint density at radius 1 is 1.50 bits per heavy atom. The molecule has 2 heterocycles.